The van der Waals surface area contributed by atoms with Gasteiger partial charge in [0.05, 0.1) is 12.7 Å². The van der Waals surface area contributed by atoms with Crippen molar-refractivity contribution in [2.75, 3.05) is 26.9 Å². The number of nitrogens with zero attached hydrogens (tertiary/aromatic N) is 1. The van der Waals surface area contributed by atoms with Crippen LogP contribution in [0.25, 0.3) is 11.1 Å². The number of alkyl carbamates (subject to hydrolysis) is 1. The second-order valence-corrected chi connectivity index (χ2v) is 9.02. The number of hydrogen-bond acceptors (Lipinski definition) is 6. The van der Waals surface area contributed by atoms with E-state index in [9.17, 15) is 24.6 Å². The fraction of sp³-hybridized carbons (Fsp3) is 0.423. The van der Waals surface area contributed by atoms with Gasteiger partial charge in [0.15, 0.2) is 0 Å². The number of fused-ring (bicyclic) bond motifs is 3. The van der Waals surface area contributed by atoms with Crippen LogP contribution in [0.2, 0.25) is 0 Å². The van der Waals surface area contributed by atoms with Crippen molar-refractivity contribution in [1.29, 1.82) is 0 Å². The van der Waals surface area contributed by atoms with Crippen LogP contribution in [0.1, 0.15) is 36.8 Å². The molecule has 2 aromatic rings. The Kier molecular flexibility index (Phi) is 7.09. The van der Waals surface area contributed by atoms with Crippen LogP contribution in [0.4, 0.5) is 4.79 Å². The largest absolute Gasteiger partial charge is 0.480 e. The molecule has 1 unspecified atom stereocenters. The normalized spacial score (nSPS) is 20.6. The van der Waals surface area contributed by atoms with E-state index in [4.69, 9.17) is 9.47 Å². The quantitative estimate of drug-likeness (QED) is 0.527. The van der Waals surface area contributed by atoms with Gasteiger partial charge in [-0.1, -0.05) is 55.5 Å². The first-order valence-electron chi connectivity index (χ1n) is 11.6. The molecule has 3 atom stereocenters. The minimum absolute atomic E-state index is 0.0704. The molecule has 2 amide bonds. The third kappa shape index (κ3) is 4.61. The first-order valence-corrected chi connectivity index (χ1v) is 11.6. The minimum atomic E-state index is -1.53. The topological polar surface area (TPSA) is 125 Å². The maximum absolute atomic E-state index is 13.5. The molecule has 1 saturated heterocycles. The van der Waals surface area contributed by atoms with E-state index in [2.05, 4.69) is 5.32 Å². The smallest absolute Gasteiger partial charge is 0.408 e. The summed E-state index contributed by atoms with van der Waals surface area (Å²) in [6.07, 6.45) is -1.68. The Balaban J connectivity index is 1.51. The summed E-state index contributed by atoms with van der Waals surface area (Å²) in [5.41, 5.74) is 2.79. The summed E-state index contributed by atoms with van der Waals surface area (Å²) in [7, 11) is 1.39. The van der Waals surface area contributed by atoms with Crippen LogP contribution in [0.5, 0.6) is 0 Å². The Hall–Kier alpha value is -3.43. The maximum Gasteiger partial charge on any atom is 0.408 e. The van der Waals surface area contributed by atoms with Gasteiger partial charge in [-0.2, -0.15) is 0 Å². The molecule has 2 aliphatic rings. The Bertz CT molecular complexity index is 1070. The number of aliphatic hydroxyl groups excluding tert-OH is 1. The van der Waals surface area contributed by atoms with Crippen molar-refractivity contribution in [2.45, 2.75) is 43.4 Å². The van der Waals surface area contributed by atoms with E-state index in [1.54, 1.807) is 6.92 Å². The van der Waals surface area contributed by atoms with Gasteiger partial charge in [-0.15, -0.1) is 0 Å². The highest BCUT2D eigenvalue weighted by Gasteiger charge is 2.48. The van der Waals surface area contributed by atoms with E-state index < -0.39 is 35.7 Å². The molecule has 186 valence electrons. The average molecular weight is 483 g/mol. The lowest BCUT2D eigenvalue weighted by atomic mass is 9.94. The monoisotopic (exact) mass is 482 g/mol. The van der Waals surface area contributed by atoms with Crippen molar-refractivity contribution in [1.82, 2.24) is 10.2 Å². The Morgan fingerprint density at radius 2 is 1.69 bits per heavy atom. The summed E-state index contributed by atoms with van der Waals surface area (Å²) in [6.45, 7) is 1.46. The molecule has 1 aliphatic carbocycles. The standard InChI is InChI=1S/C26H30N2O7/c1-3-26(15-34-2,24(32)28-13-16(29)12-22(28)23(30)31)27-25(33)35-14-21-19-10-6-4-8-17(19)18-9-5-7-11-20(18)21/h4-11,16,21-22,29H,3,12-15H2,1-2H3,(H,27,33)(H,30,31)/t16-,22+,26?/m1/s1. The number of carbonyl (C=O) groups excluding carboxylic acids is 2. The van der Waals surface area contributed by atoms with Gasteiger partial charge >= 0.3 is 12.1 Å². The van der Waals surface area contributed by atoms with E-state index in [0.29, 0.717) is 0 Å². The highest BCUT2D eigenvalue weighted by atomic mass is 16.5. The Morgan fingerprint density at radius 3 is 2.23 bits per heavy atom. The van der Waals surface area contributed by atoms with Crippen molar-refractivity contribution in [2.24, 2.45) is 0 Å². The lowest BCUT2D eigenvalue weighted by Gasteiger charge is -2.36. The number of likely N-dealkylation sites (tertiary alicyclic amines) is 1. The molecule has 0 aromatic heterocycles. The number of hydrogen-bond donors (Lipinski definition) is 3. The lowest BCUT2D eigenvalue weighted by molar-refractivity contribution is -0.152. The number of β-amino-alcohol motifs (C(OH)–C–C–N with tert-alkyl or cyclic N) is 1. The molecule has 1 aliphatic heterocycles. The van der Waals surface area contributed by atoms with E-state index in [1.165, 1.54) is 7.11 Å². The van der Waals surface area contributed by atoms with Crippen LogP contribution in [0.15, 0.2) is 48.5 Å². The summed E-state index contributed by atoms with van der Waals surface area (Å²) in [4.78, 5) is 39.2. The number of methoxy groups -OCH3 is 1. The second kappa shape index (κ2) is 10.1. The lowest BCUT2D eigenvalue weighted by Crippen LogP contribution is -2.63. The third-order valence-electron chi connectivity index (χ3n) is 6.91. The van der Waals surface area contributed by atoms with Gasteiger partial charge in [0, 0.05) is 26.0 Å². The number of amides is 2. The number of carbonyl (C=O) groups is 3. The maximum atomic E-state index is 13.5. The molecule has 35 heavy (non-hydrogen) atoms. The van der Waals surface area contributed by atoms with Crippen LogP contribution in [0, 0.1) is 0 Å². The highest BCUT2D eigenvalue weighted by Crippen LogP contribution is 2.44. The zero-order valence-corrected chi connectivity index (χ0v) is 19.8. The molecule has 0 spiro atoms. The van der Waals surface area contributed by atoms with Crippen LogP contribution in [-0.2, 0) is 19.1 Å². The summed E-state index contributed by atoms with van der Waals surface area (Å²) >= 11 is 0. The van der Waals surface area contributed by atoms with Crippen LogP contribution in [-0.4, -0.2) is 77.6 Å². The number of ether oxygens (including phenoxy) is 2. The fourth-order valence-corrected chi connectivity index (χ4v) is 5.12. The van der Waals surface area contributed by atoms with Crippen molar-refractivity contribution < 1.29 is 34.1 Å². The predicted octanol–water partition coefficient (Wildman–Crippen LogP) is 2.37. The van der Waals surface area contributed by atoms with Gasteiger partial charge in [-0.05, 0) is 28.7 Å². The molecule has 1 heterocycles. The molecular formula is C26H30N2O7. The van der Waals surface area contributed by atoms with E-state index in [0.717, 1.165) is 27.2 Å². The molecule has 0 radical (unpaired) electrons. The molecule has 9 nitrogen and oxygen atoms in total. The Labute approximate surface area is 203 Å². The van der Waals surface area contributed by atoms with E-state index in [1.807, 2.05) is 48.5 Å². The average Bonchev–Trinajstić information content (AvgIpc) is 3.40. The van der Waals surface area contributed by atoms with Crippen molar-refractivity contribution in [3.63, 3.8) is 0 Å². The second-order valence-electron chi connectivity index (χ2n) is 9.02. The number of benzene rings is 2. The zero-order valence-electron chi connectivity index (χ0n) is 19.8. The number of carboxylic acid groups (broad SMARTS) is 1. The van der Waals surface area contributed by atoms with Crippen molar-refractivity contribution in [3.8, 4) is 11.1 Å². The first-order chi connectivity index (χ1) is 16.8. The third-order valence-corrected chi connectivity index (χ3v) is 6.91. The number of carboxylic acids is 1. The number of nitrogens with one attached hydrogen (secondary N) is 1. The van der Waals surface area contributed by atoms with Crippen molar-refractivity contribution >= 4 is 18.0 Å². The van der Waals surface area contributed by atoms with Crippen LogP contribution in [0.3, 0.4) is 0 Å². The van der Waals surface area contributed by atoms with E-state index >= 15 is 0 Å². The van der Waals surface area contributed by atoms with Gasteiger partial charge < -0.3 is 29.9 Å². The van der Waals surface area contributed by atoms with Gasteiger partial charge in [0.1, 0.15) is 18.2 Å². The molecule has 1 fully saturated rings. The molecule has 3 N–H and O–H groups in total. The van der Waals surface area contributed by atoms with Crippen molar-refractivity contribution in [3.05, 3.63) is 59.7 Å². The number of rotatable bonds is 8. The molecule has 0 bridgehead atoms. The minimum Gasteiger partial charge on any atom is -0.480 e. The highest BCUT2D eigenvalue weighted by molar-refractivity contribution is 5.93. The zero-order chi connectivity index (χ0) is 25.2. The fourth-order valence-electron chi connectivity index (χ4n) is 5.12. The van der Waals surface area contributed by atoms with E-state index in [-0.39, 0.29) is 38.5 Å². The summed E-state index contributed by atoms with van der Waals surface area (Å²) in [5, 5.41) is 22.2. The predicted molar refractivity (Wildman–Crippen MR) is 127 cm³/mol. The molecule has 2 aromatic carbocycles. The first kappa shape index (κ1) is 24.7. The van der Waals surface area contributed by atoms with Gasteiger partial charge in [-0.3, -0.25) is 4.79 Å². The summed E-state index contributed by atoms with van der Waals surface area (Å²) in [5.74, 6) is -1.98. The van der Waals surface area contributed by atoms with Gasteiger partial charge in [-0.25, -0.2) is 9.59 Å². The SMILES string of the molecule is CCC(COC)(NC(=O)OCC1c2ccccc2-c2ccccc21)C(=O)N1C[C@H](O)C[C@H]1C(=O)O. The van der Waals surface area contributed by atoms with Crippen LogP contribution >= 0.6 is 0 Å². The van der Waals surface area contributed by atoms with Gasteiger partial charge in [0.2, 0.25) is 0 Å². The van der Waals surface area contributed by atoms with Crippen LogP contribution < -0.4 is 5.32 Å². The number of aliphatic carboxylic acids is 1. The molecule has 9 heteroatoms. The summed E-state index contributed by atoms with van der Waals surface area (Å²) in [6, 6.07) is 14.8. The Morgan fingerprint density at radius 1 is 1.09 bits per heavy atom. The number of aliphatic hydroxyl groups is 1. The molecule has 0 saturated carbocycles. The summed E-state index contributed by atoms with van der Waals surface area (Å²) < 4.78 is 10.9. The molecular weight excluding hydrogens is 452 g/mol. The molecule has 4 rings (SSSR count). The van der Waals surface area contributed by atoms with Gasteiger partial charge in [0.25, 0.3) is 5.91 Å².